The van der Waals surface area contributed by atoms with Crippen molar-refractivity contribution in [3.8, 4) is 0 Å². The number of aryl methyl sites for hydroxylation is 2. The monoisotopic (exact) mass is 298 g/mol. The zero-order valence-corrected chi connectivity index (χ0v) is 12.8. The quantitative estimate of drug-likeness (QED) is 0.734. The van der Waals surface area contributed by atoms with Gasteiger partial charge in [-0.3, -0.25) is 0 Å². The van der Waals surface area contributed by atoms with Crippen LogP contribution in [0.1, 0.15) is 36.8 Å². The van der Waals surface area contributed by atoms with Crippen LogP contribution in [0.2, 0.25) is 0 Å². The fourth-order valence-corrected chi connectivity index (χ4v) is 4.49. The molecule has 0 saturated heterocycles. The number of sulfonamides is 1. The molecular weight excluding hydrogens is 276 g/mol. The molecule has 1 aromatic carbocycles. The van der Waals surface area contributed by atoms with Gasteiger partial charge in [-0.25, -0.2) is 13.1 Å². The van der Waals surface area contributed by atoms with Crippen LogP contribution < -0.4 is 10.5 Å². The van der Waals surface area contributed by atoms with E-state index in [-0.39, 0.29) is 11.4 Å². The molecule has 1 fully saturated rings. The van der Waals surface area contributed by atoms with E-state index in [1.807, 2.05) is 0 Å². The van der Waals surface area contributed by atoms with Crippen molar-refractivity contribution in [1.29, 1.82) is 0 Å². The molecule has 1 aliphatic carbocycles. The lowest BCUT2D eigenvalue weighted by Crippen LogP contribution is -2.41. The zero-order valence-electron chi connectivity index (χ0n) is 11.9. The average molecular weight is 298 g/mol. The topological polar surface area (TPSA) is 92.4 Å². The summed E-state index contributed by atoms with van der Waals surface area (Å²) in [6.45, 7) is 3.52. The second-order valence-corrected chi connectivity index (χ2v) is 7.44. The Morgan fingerprint density at radius 2 is 1.75 bits per heavy atom. The van der Waals surface area contributed by atoms with Gasteiger partial charge in [-0.2, -0.15) is 0 Å². The largest absolute Gasteiger partial charge is 0.399 e. The van der Waals surface area contributed by atoms with Gasteiger partial charge in [-0.1, -0.05) is 12.8 Å². The first kappa shape index (κ1) is 15.3. The van der Waals surface area contributed by atoms with Gasteiger partial charge < -0.3 is 10.8 Å². The molecule has 1 saturated carbocycles. The molecule has 20 heavy (non-hydrogen) atoms. The minimum Gasteiger partial charge on any atom is -0.399 e. The summed E-state index contributed by atoms with van der Waals surface area (Å²) >= 11 is 0. The minimum atomic E-state index is -3.63. The van der Waals surface area contributed by atoms with E-state index in [1.165, 1.54) is 0 Å². The predicted molar refractivity (Wildman–Crippen MR) is 78.9 cm³/mol. The summed E-state index contributed by atoms with van der Waals surface area (Å²) < 4.78 is 27.4. The van der Waals surface area contributed by atoms with Gasteiger partial charge in [0.25, 0.3) is 0 Å². The highest BCUT2D eigenvalue weighted by Gasteiger charge is 2.33. The third-order valence-corrected chi connectivity index (χ3v) is 5.58. The highest BCUT2D eigenvalue weighted by atomic mass is 32.2. The van der Waals surface area contributed by atoms with Gasteiger partial charge in [-0.05, 0) is 49.9 Å². The van der Waals surface area contributed by atoms with E-state index in [2.05, 4.69) is 4.72 Å². The number of nitrogen functional groups attached to an aromatic ring is 1. The number of hydrogen-bond acceptors (Lipinski definition) is 4. The number of nitrogens with two attached hydrogens (primary N) is 1. The molecule has 4 N–H and O–H groups in total. The van der Waals surface area contributed by atoms with Crippen molar-refractivity contribution in [2.24, 2.45) is 0 Å². The van der Waals surface area contributed by atoms with Crippen LogP contribution in [0, 0.1) is 13.8 Å². The zero-order chi connectivity index (χ0) is 15.0. The smallest absolute Gasteiger partial charge is 0.241 e. The normalized spacial score (nSPS) is 18.4. The molecule has 0 aromatic heterocycles. The van der Waals surface area contributed by atoms with Crippen molar-refractivity contribution in [3.63, 3.8) is 0 Å². The predicted octanol–water partition coefficient (Wildman–Crippen LogP) is 1.47. The summed E-state index contributed by atoms with van der Waals surface area (Å²) in [7, 11) is -3.63. The average Bonchev–Trinajstić information content (AvgIpc) is 2.73. The molecule has 2 rings (SSSR count). The second kappa shape index (κ2) is 5.35. The van der Waals surface area contributed by atoms with E-state index in [0.717, 1.165) is 12.8 Å². The van der Waals surface area contributed by atoms with E-state index in [4.69, 9.17) is 5.73 Å². The van der Waals surface area contributed by atoms with Crippen LogP contribution in [0.4, 0.5) is 5.69 Å². The summed E-state index contributed by atoms with van der Waals surface area (Å²) in [5, 5.41) is 10.2. The van der Waals surface area contributed by atoms with Gasteiger partial charge in [0, 0.05) is 12.2 Å². The molecule has 112 valence electrons. The molecule has 0 unspecified atom stereocenters. The Bertz CT molecular complexity index is 582. The standard InChI is InChI=1S/C14H22N2O3S/c1-10-7-12(15)8-11(2)13(10)20(18,19)16-9-14(17)5-3-4-6-14/h7-8,16-17H,3-6,9,15H2,1-2H3. The van der Waals surface area contributed by atoms with Gasteiger partial charge in [0.05, 0.1) is 10.5 Å². The van der Waals surface area contributed by atoms with E-state index >= 15 is 0 Å². The van der Waals surface area contributed by atoms with Crippen molar-refractivity contribution < 1.29 is 13.5 Å². The molecule has 0 radical (unpaired) electrons. The van der Waals surface area contributed by atoms with Crippen LogP contribution in [-0.4, -0.2) is 25.7 Å². The van der Waals surface area contributed by atoms with Gasteiger partial charge in [0.15, 0.2) is 0 Å². The highest BCUT2D eigenvalue weighted by Crippen LogP contribution is 2.29. The van der Waals surface area contributed by atoms with Crippen molar-refractivity contribution in [3.05, 3.63) is 23.3 Å². The fraction of sp³-hybridized carbons (Fsp3) is 0.571. The lowest BCUT2D eigenvalue weighted by Gasteiger charge is -2.23. The first-order valence-electron chi connectivity index (χ1n) is 6.82. The molecule has 0 atom stereocenters. The number of benzene rings is 1. The van der Waals surface area contributed by atoms with Crippen molar-refractivity contribution in [2.75, 3.05) is 12.3 Å². The molecule has 0 aliphatic heterocycles. The molecule has 1 aliphatic rings. The lowest BCUT2D eigenvalue weighted by atomic mass is 10.0. The van der Waals surface area contributed by atoms with Crippen LogP contribution in [0.25, 0.3) is 0 Å². The summed E-state index contributed by atoms with van der Waals surface area (Å²) in [6, 6.07) is 3.29. The third-order valence-electron chi connectivity index (χ3n) is 3.88. The van der Waals surface area contributed by atoms with Gasteiger partial charge in [0.1, 0.15) is 0 Å². The second-order valence-electron chi connectivity index (χ2n) is 5.74. The number of anilines is 1. The summed E-state index contributed by atoms with van der Waals surface area (Å²) in [5.74, 6) is 0. The summed E-state index contributed by atoms with van der Waals surface area (Å²) in [4.78, 5) is 0.258. The molecule has 5 nitrogen and oxygen atoms in total. The van der Waals surface area contributed by atoms with Crippen LogP contribution >= 0.6 is 0 Å². The molecule has 6 heteroatoms. The summed E-state index contributed by atoms with van der Waals surface area (Å²) in [6.07, 6.45) is 3.18. The molecule has 0 heterocycles. The number of nitrogens with one attached hydrogen (secondary N) is 1. The first-order chi connectivity index (χ1) is 9.23. The van der Waals surface area contributed by atoms with Gasteiger partial charge in [0.2, 0.25) is 10.0 Å². The third kappa shape index (κ3) is 3.13. The maximum absolute atomic E-state index is 12.4. The fourth-order valence-electron chi connectivity index (χ4n) is 2.92. The number of rotatable bonds is 4. The van der Waals surface area contributed by atoms with Crippen molar-refractivity contribution in [2.45, 2.75) is 50.0 Å². The first-order valence-corrected chi connectivity index (χ1v) is 8.31. The SMILES string of the molecule is Cc1cc(N)cc(C)c1S(=O)(=O)NCC1(O)CCCC1. The van der Waals surface area contributed by atoms with Gasteiger partial charge in [-0.15, -0.1) is 0 Å². The maximum Gasteiger partial charge on any atom is 0.241 e. The van der Waals surface area contributed by atoms with Crippen LogP contribution in [0.15, 0.2) is 17.0 Å². The van der Waals surface area contributed by atoms with E-state index in [1.54, 1.807) is 26.0 Å². The van der Waals surface area contributed by atoms with Crippen molar-refractivity contribution >= 4 is 15.7 Å². The number of hydrogen-bond donors (Lipinski definition) is 3. The Kier molecular flexibility index (Phi) is 4.09. The summed E-state index contributed by atoms with van der Waals surface area (Å²) in [5.41, 5.74) is 6.60. The van der Waals surface area contributed by atoms with Crippen LogP contribution in [-0.2, 0) is 10.0 Å². The molecule has 1 aromatic rings. The molecular formula is C14H22N2O3S. The molecule has 0 spiro atoms. The van der Waals surface area contributed by atoms with E-state index in [0.29, 0.717) is 29.7 Å². The highest BCUT2D eigenvalue weighted by molar-refractivity contribution is 7.89. The lowest BCUT2D eigenvalue weighted by molar-refractivity contribution is 0.0531. The maximum atomic E-state index is 12.4. The Balaban J connectivity index is 2.23. The van der Waals surface area contributed by atoms with E-state index in [9.17, 15) is 13.5 Å². The van der Waals surface area contributed by atoms with Crippen molar-refractivity contribution in [1.82, 2.24) is 4.72 Å². The minimum absolute atomic E-state index is 0.0680. The Morgan fingerprint density at radius 1 is 1.25 bits per heavy atom. The Hall–Kier alpha value is -1.11. The Labute approximate surface area is 120 Å². The van der Waals surface area contributed by atoms with Crippen LogP contribution in [0.5, 0.6) is 0 Å². The van der Waals surface area contributed by atoms with Crippen LogP contribution in [0.3, 0.4) is 0 Å². The Morgan fingerprint density at radius 3 is 2.25 bits per heavy atom. The number of aliphatic hydroxyl groups is 1. The molecule has 0 bridgehead atoms. The van der Waals surface area contributed by atoms with E-state index < -0.39 is 15.6 Å². The van der Waals surface area contributed by atoms with Gasteiger partial charge >= 0.3 is 0 Å². The molecule has 0 amide bonds.